The third-order valence-electron chi connectivity index (χ3n) is 4.61. The predicted molar refractivity (Wildman–Crippen MR) is 116 cm³/mol. The van der Waals surface area contributed by atoms with Crippen molar-refractivity contribution in [1.29, 1.82) is 0 Å². The van der Waals surface area contributed by atoms with E-state index in [1.54, 1.807) is 20.3 Å². The largest absolute Gasteiger partial charge is 0.497 e. The van der Waals surface area contributed by atoms with Crippen LogP contribution >= 0.6 is 0 Å². The Bertz CT molecular complexity index is 987. The SMILES string of the molecule is COc1ccc(COc2ccc(C=C(Cc3ccc(OC)cc3)C(=O)O)cc2)cc1. The van der Waals surface area contributed by atoms with Crippen molar-refractivity contribution in [3.63, 3.8) is 0 Å². The van der Waals surface area contributed by atoms with Gasteiger partial charge in [0, 0.05) is 12.0 Å². The first-order valence-electron chi connectivity index (χ1n) is 9.50. The van der Waals surface area contributed by atoms with Crippen molar-refractivity contribution < 1.29 is 24.1 Å². The molecule has 154 valence electrons. The van der Waals surface area contributed by atoms with Gasteiger partial charge in [0.1, 0.15) is 23.9 Å². The molecular formula is C25H24O5. The van der Waals surface area contributed by atoms with E-state index in [1.807, 2.05) is 72.8 Å². The van der Waals surface area contributed by atoms with E-state index in [0.717, 1.165) is 33.9 Å². The van der Waals surface area contributed by atoms with E-state index in [4.69, 9.17) is 14.2 Å². The van der Waals surface area contributed by atoms with Crippen LogP contribution in [0.4, 0.5) is 0 Å². The highest BCUT2D eigenvalue weighted by atomic mass is 16.5. The van der Waals surface area contributed by atoms with E-state index < -0.39 is 5.97 Å². The van der Waals surface area contributed by atoms with Gasteiger partial charge >= 0.3 is 5.97 Å². The lowest BCUT2D eigenvalue weighted by atomic mass is 10.0. The standard InChI is InChI=1S/C25H24O5/c1-28-22-9-3-18(4-10-22)15-21(25(26)27)16-19-5-13-24(14-6-19)30-17-20-7-11-23(29-2)12-8-20/h3-14,16H,15,17H2,1-2H3,(H,26,27). The van der Waals surface area contributed by atoms with Crippen LogP contribution in [0.5, 0.6) is 17.2 Å². The summed E-state index contributed by atoms with van der Waals surface area (Å²) in [6.45, 7) is 0.441. The van der Waals surface area contributed by atoms with Crippen LogP contribution in [-0.2, 0) is 17.8 Å². The second-order valence-electron chi connectivity index (χ2n) is 6.71. The molecule has 0 spiro atoms. The second kappa shape index (κ2) is 10.2. The number of hydrogen-bond donors (Lipinski definition) is 1. The Hall–Kier alpha value is -3.73. The summed E-state index contributed by atoms with van der Waals surface area (Å²) in [5, 5.41) is 9.57. The van der Waals surface area contributed by atoms with Crippen molar-refractivity contribution >= 4 is 12.0 Å². The van der Waals surface area contributed by atoms with Gasteiger partial charge in [0.25, 0.3) is 0 Å². The number of carboxylic acids is 1. The van der Waals surface area contributed by atoms with Crippen LogP contribution in [0.2, 0.25) is 0 Å². The Labute approximate surface area is 176 Å². The maximum atomic E-state index is 11.7. The third kappa shape index (κ3) is 5.88. The molecule has 3 aromatic carbocycles. The molecule has 0 aliphatic heterocycles. The Kier molecular flexibility index (Phi) is 7.11. The van der Waals surface area contributed by atoms with Gasteiger partial charge in [-0.05, 0) is 59.2 Å². The van der Waals surface area contributed by atoms with Gasteiger partial charge in [0.05, 0.1) is 14.2 Å². The van der Waals surface area contributed by atoms with Crippen molar-refractivity contribution in [2.45, 2.75) is 13.0 Å². The van der Waals surface area contributed by atoms with Crippen LogP contribution < -0.4 is 14.2 Å². The second-order valence-corrected chi connectivity index (χ2v) is 6.71. The van der Waals surface area contributed by atoms with Crippen molar-refractivity contribution in [3.8, 4) is 17.2 Å². The minimum absolute atomic E-state index is 0.312. The summed E-state index contributed by atoms with van der Waals surface area (Å²) in [5.41, 5.74) is 3.06. The molecule has 0 aliphatic rings. The Balaban J connectivity index is 1.64. The van der Waals surface area contributed by atoms with E-state index in [0.29, 0.717) is 18.6 Å². The van der Waals surface area contributed by atoms with Crippen LogP contribution in [0.15, 0.2) is 78.4 Å². The molecule has 3 aromatic rings. The first-order chi connectivity index (χ1) is 14.6. The van der Waals surface area contributed by atoms with Gasteiger partial charge in [0.15, 0.2) is 0 Å². The minimum Gasteiger partial charge on any atom is -0.497 e. The average Bonchev–Trinajstić information content (AvgIpc) is 2.79. The van der Waals surface area contributed by atoms with Crippen molar-refractivity contribution in [2.75, 3.05) is 14.2 Å². The Morgan fingerprint density at radius 3 is 1.77 bits per heavy atom. The molecule has 0 saturated carbocycles. The normalized spacial score (nSPS) is 11.1. The molecule has 0 radical (unpaired) electrons. The molecular weight excluding hydrogens is 380 g/mol. The van der Waals surface area contributed by atoms with E-state index in [1.165, 1.54) is 0 Å². The Morgan fingerprint density at radius 2 is 1.27 bits per heavy atom. The first kappa shape index (κ1) is 21.0. The molecule has 30 heavy (non-hydrogen) atoms. The molecule has 0 amide bonds. The highest BCUT2D eigenvalue weighted by molar-refractivity contribution is 5.92. The maximum Gasteiger partial charge on any atom is 0.331 e. The average molecular weight is 404 g/mol. The number of hydrogen-bond acceptors (Lipinski definition) is 4. The number of aliphatic carboxylic acids is 1. The van der Waals surface area contributed by atoms with Gasteiger partial charge in [-0.2, -0.15) is 0 Å². The molecule has 5 heteroatoms. The van der Waals surface area contributed by atoms with Gasteiger partial charge < -0.3 is 19.3 Å². The zero-order valence-electron chi connectivity index (χ0n) is 17.0. The number of methoxy groups -OCH3 is 2. The van der Waals surface area contributed by atoms with Crippen LogP contribution in [0, 0.1) is 0 Å². The molecule has 0 bridgehead atoms. The van der Waals surface area contributed by atoms with Crippen LogP contribution in [0.25, 0.3) is 6.08 Å². The summed E-state index contributed by atoms with van der Waals surface area (Å²) in [6, 6.07) is 22.4. The summed E-state index contributed by atoms with van der Waals surface area (Å²) in [6.07, 6.45) is 2.01. The number of carbonyl (C=O) groups is 1. The van der Waals surface area contributed by atoms with Gasteiger partial charge in [0.2, 0.25) is 0 Å². The van der Waals surface area contributed by atoms with Crippen LogP contribution in [0.3, 0.4) is 0 Å². The predicted octanol–water partition coefficient (Wildman–Crippen LogP) is 4.99. The molecule has 0 atom stereocenters. The Morgan fingerprint density at radius 1 is 0.767 bits per heavy atom. The fourth-order valence-corrected chi connectivity index (χ4v) is 2.90. The van der Waals surface area contributed by atoms with Crippen molar-refractivity contribution in [1.82, 2.24) is 0 Å². The highest BCUT2D eigenvalue weighted by Crippen LogP contribution is 2.20. The number of ether oxygens (including phenoxy) is 3. The number of benzene rings is 3. The van der Waals surface area contributed by atoms with Gasteiger partial charge in [-0.15, -0.1) is 0 Å². The van der Waals surface area contributed by atoms with Crippen LogP contribution in [-0.4, -0.2) is 25.3 Å². The monoisotopic (exact) mass is 404 g/mol. The van der Waals surface area contributed by atoms with E-state index in [-0.39, 0.29) is 0 Å². The van der Waals surface area contributed by atoms with Gasteiger partial charge in [-0.25, -0.2) is 4.79 Å². The van der Waals surface area contributed by atoms with Crippen molar-refractivity contribution in [3.05, 3.63) is 95.1 Å². The molecule has 0 heterocycles. The van der Waals surface area contributed by atoms with E-state index in [9.17, 15) is 9.90 Å². The lowest BCUT2D eigenvalue weighted by Crippen LogP contribution is -2.04. The zero-order valence-corrected chi connectivity index (χ0v) is 17.0. The molecule has 3 rings (SSSR count). The lowest BCUT2D eigenvalue weighted by Gasteiger charge is -2.08. The topological polar surface area (TPSA) is 65.0 Å². The summed E-state index contributed by atoms with van der Waals surface area (Å²) in [5.74, 6) is 1.32. The molecule has 0 aromatic heterocycles. The molecule has 1 N–H and O–H groups in total. The summed E-state index contributed by atoms with van der Waals surface area (Å²) >= 11 is 0. The maximum absolute atomic E-state index is 11.7. The summed E-state index contributed by atoms with van der Waals surface area (Å²) < 4.78 is 16.1. The summed E-state index contributed by atoms with van der Waals surface area (Å²) in [4.78, 5) is 11.7. The molecule has 0 aliphatic carbocycles. The first-order valence-corrected chi connectivity index (χ1v) is 9.50. The molecule has 0 saturated heterocycles. The van der Waals surface area contributed by atoms with Gasteiger partial charge in [-0.3, -0.25) is 0 Å². The minimum atomic E-state index is -0.939. The highest BCUT2D eigenvalue weighted by Gasteiger charge is 2.09. The van der Waals surface area contributed by atoms with E-state index in [2.05, 4.69) is 0 Å². The molecule has 0 fully saturated rings. The van der Waals surface area contributed by atoms with Crippen molar-refractivity contribution in [2.24, 2.45) is 0 Å². The van der Waals surface area contributed by atoms with E-state index >= 15 is 0 Å². The zero-order chi connectivity index (χ0) is 21.3. The smallest absolute Gasteiger partial charge is 0.331 e. The third-order valence-corrected chi connectivity index (χ3v) is 4.61. The lowest BCUT2D eigenvalue weighted by molar-refractivity contribution is -0.132. The number of carboxylic acid groups (broad SMARTS) is 1. The molecule has 0 unspecified atom stereocenters. The number of rotatable bonds is 9. The molecule has 5 nitrogen and oxygen atoms in total. The quantitative estimate of drug-likeness (QED) is 0.509. The summed E-state index contributed by atoms with van der Waals surface area (Å²) in [7, 11) is 3.23. The van der Waals surface area contributed by atoms with Crippen LogP contribution in [0.1, 0.15) is 16.7 Å². The fraction of sp³-hybridized carbons (Fsp3) is 0.160. The fourth-order valence-electron chi connectivity index (χ4n) is 2.90. The van der Waals surface area contributed by atoms with Gasteiger partial charge in [-0.1, -0.05) is 36.4 Å².